The smallest absolute Gasteiger partial charge is 0.0535 e. The normalized spacial score (nSPS) is 12.4. The van der Waals surface area contributed by atoms with Crippen molar-refractivity contribution in [1.29, 1.82) is 0 Å². The van der Waals surface area contributed by atoms with Crippen LogP contribution in [0.3, 0.4) is 0 Å². The van der Waals surface area contributed by atoms with Crippen LogP contribution in [0.5, 0.6) is 0 Å². The molecular weight excluding hydrogens is 783 g/mol. The molecule has 1 heteroatoms. The molecule has 1 aliphatic rings. The van der Waals surface area contributed by atoms with Crippen LogP contribution in [0.2, 0.25) is 0 Å². The van der Waals surface area contributed by atoms with Gasteiger partial charge in [0.15, 0.2) is 0 Å². The van der Waals surface area contributed by atoms with E-state index in [-0.39, 0.29) is 0 Å². The van der Waals surface area contributed by atoms with E-state index in [1.54, 1.807) is 0 Å². The van der Waals surface area contributed by atoms with Gasteiger partial charge >= 0.3 is 0 Å². The van der Waals surface area contributed by atoms with Crippen LogP contribution < -0.4 is 0 Å². The maximum absolute atomic E-state index is 2.43. The molecule has 0 amide bonds. The molecule has 0 radical (unpaired) electrons. The molecule has 65 heavy (non-hydrogen) atoms. The zero-order valence-electron chi connectivity index (χ0n) is 35.9. The maximum Gasteiger partial charge on any atom is 0.0535 e. The lowest BCUT2D eigenvalue weighted by atomic mass is 9.89. The van der Waals surface area contributed by atoms with E-state index < -0.39 is 0 Å². The third-order valence-electron chi connectivity index (χ3n) is 13.9. The van der Waals surface area contributed by atoms with Gasteiger partial charge in [-0.05, 0) is 136 Å². The van der Waals surface area contributed by atoms with Crippen LogP contribution in [0, 0.1) is 0 Å². The lowest BCUT2D eigenvalue weighted by Crippen LogP contribution is -1.96. The molecule has 0 spiro atoms. The number of rotatable bonds is 6. The fourth-order valence-electron chi connectivity index (χ4n) is 10.7. The molecule has 13 rings (SSSR count). The second-order valence-electron chi connectivity index (χ2n) is 17.5. The van der Waals surface area contributed by atoms with Crippen molar-refractivity contribution in [3.8, 4) is 61.3 Å². The molecular formula is C64H43N. The molecule has 0 saturated heterocycles. The number of nitrogens with zero attached hydrogens (tertiary/aromatic N) is 1. The maximum atomic E-state index is 2.43. The highest BCUT2D eigenvalue weighted by atomic mass is 15.0. The summed E-state index contributed by atoms with van der Waals surface area (Å²) in [4.78, 5) is 0. The molecule has 1 aromatic heterocycles. The minimum Gasteiger partial charge on any atom is -0.315 e. The highest BCUT2D eigenvalue weighted by Crippen LogP contribution is 2.43. The monoisotopic (exact) mass is 825 g/mol. The predicted molar refractivity (Wildman–Crippen MR) is 278 cm³/mol. The predicted octanol–water partition coefficient (Wildman–Crippen LogP) is 17.5. The second kappa shape index (κ2) is 15.2. The van der Waals surface area contributed by atoms with E-state index in [0.717, 1.165) is 18.5 Å². The molecule has 11 aromatic carbocycles. The molecule has 0 bridgehead atoms. The first-order valence-corrected chi connectivity index (χ1v) is 22.8. The van der Waals surface area contributed by atoms with Crippen LogP contribution in [0.25, 0.3) is 121 Å². The summed E-state index contributed by atoms with van der Waals surface area (Å²) in [7, 11) is 0. The van der Waals surface area contributed by atoms with Crippen molar-refractivity contribution in [2.24, 2.45) is 0 Å². The van der Waals surface area contributed by atoms with Gasteiger partial charge in [-0.15, -0.1) is 0 Å². The van der Waals surface area contributed by atoms with Crippen molar-refractivity contribution in [2.75, 3.05) is 0 Å². The van der Waals surface area contributed by atoms with Crippen molar-refractivity contribution in [2.45, 2.75) is 12.8 Å². The van der Waals surface area contributed by atoms with E-state index in [0.29, 0.717) is 0 Å². The van der Waals surface area contributed by atoms with E-state index >= 15 is 0 Å². The van der Waals surface area contributed by atoms with Gasteiger partial charge in [-0.2, -0.15) is 0 Å². The highest BCUT2D eigenvalue weighted by Gasteiger charge is 2.19. The van der Waals surface area contributed by atoms with E-state index in [1.165, 1.54) is 121 Å². The molecule has 1 aliphatic carbocycles. The van der Waals surface area contributed by atoms with E-state index in [4.69, 9.17) is 0 Å². The van der Waals surface area contributed by atoms with Crippen LogP contribution >= 0.6 is 0 Å². The van der Waals surface area contributed by atoms with Crippen molar-refractivity contribution < 1.29 is 0 Å². The number of hydrogen-bond acceptors (Lipinski definition) is 0. The standard InChI is InChI=1S/C64H43N/c1-4-18-50-43(13-1)16-11-25-52(50)45-29-27-42(28-30-45)48-35-37-64-61(39-48)62(47-33-31-46(32-34-47)53-26-12-17-44-14-2-5-19-51(44)53)41-65(64)63-38-36-58(56-22-9-10-24-59(56)63)60-40-49-15-3-6-20-54(49)55-21-7-8-23-57(55)60/h1,3-13,15-41H,2,14H2. The lowest BCUT2D eigenvalue weighted by molar-refractivity contribution is 0.986. The van der Waals surface area contributed by atoms with Gasteiger partial charge in [0.1, 0.15) is 0 Å². The largest absolute Gasteiger partial charge is 0.315 e. The SMILES string of the molecule is C1=Cc2c(cccc2-c2ccc(-c3cn(-c4ccc(-c5cc6ccccc6c6ccccc56)c5ccccc45)c4ccc(-c5ccc(-c6cccc7ccccc67)cc5)cc34)cc2)CC1. The average Bonchev–Trinajstić information content (AvgIpc) is 3.76. The zero-order valence-corrected chi connectivity index (χ0v) is 35.9. The Morgan fingerprint density at radius 3 is 1.71 bits per heavy atom. The summed E-state index contributed by atoms with van der Waals surface area (Å²) in [5.41, 5.74) is 17.5. The molecule has 0 aliphatic heterocycles. The van der Waals surface area contributed by atoms with Gasteiger partial charge in [0.2, 0.25) is 0 Å². The van der Waals surface area contributed by atoms with Crippen molar-refractivity contribution in [1.82, 2.24) is 4.57 Å². The van der Waals surface area contributed by atoms with Gasteiger partial charge in [0.05, 0.1) is 11.2 Å². The Kier molecular flexibility index (Phi) is 8.74. The minimum absolute atomic E-state index is 1.10. The molecule has 1 nitrogen and oxygen atoms in total. The third kappa shape index (κ3) is 6.23. The summed E-state index contributed by atoms with van der Waals surface area (Å²) in [6.45, 7) is 0. The number of allylic oxidation sites excluding steroid dienone is 1. The van der Waals surface area contributed by atoms with E-state index in [9.17, 15) is 0 Å². The molecule has 0 saturated carbocycles. The van der Waals surface area contributed by atoms with E-state index in [2.05, 4.69) is 241 Å². The summed E-state index contributed by atoms with van der Waals surface area (Å²) < 4.78 is 2.43. The molecule has 0 N–H and O–H groups in total. The summed E-state index contributed by atoms with van der Waals surface area (Å²) in [6.07, 6.45) is 9.19. The third-order valence-corrected chi connectivity index (χ3v) is 13.9. The fraction of sp³-hybridized carbons (Fsp3) is 0.0312. The fourth-order valence-corrected chi connectivity index (χ4v) is 10.7. The van der Waals surface area contributed by atoms with Crippen LogP contribution in [0.15, 0.2) is 231 Å². The Balaban J connectivity index is 0.971. The molecule has 0 atom stereocenters. The summed E-state index contributed by atoms with van der Waals surface area (Å²) >= 11 is 0. The Bertz CT molecular complexity index is 3860. The number of benzene rings is 11. The molecule has 0 fully saturated rings. The first-order valence-electron chi connectivity index (χ1n) is 22.8. The topological polar surface area (TPSA) is 4.93 Å². The average molecular weight is 826 g/mol. The second-order valence-corrected chi connectivity index (χ2v) is 17.5. The van der Waals surface area contributed by atoms with Gasteiger partial charge in [-0.25, -0.2) is 0 Å². The Labute approximate surface area is 378 Å². The molecule has 12 aromatic rings. The van der Waals surface area contributed by atoms with Crippen molar-refractivity contribution >= 4 is 60.1 Å². The highest BCUT2D eigenvalue weighted by molar-refractivity contribution is 6.17. The summed E-state index contributed by atoms with van der Waals surface area (Å²) in [5, 5.41) is 11.3. The minimum atomic E-state index is 1.10. The van der Waals surface area contributed by atoms with Crippen LogP contribution in [-0.2, 0) is 6.42 Å². The lowest BCUT2D eigenvalue weighted by Gasteiger charge is -2.16. The Morgan fingerprint density at radius 2 is 0.908 bits per heavy atom. The van der Waals surface area contributed by atoms with Gasteiger partial charge in [0, 0.05) is 22.5 Å². The number of aryl methyl sites for hydroxylation is 1. The zero-order chi connectivity index (χ0) is 42.8. The van der Waals surface area contributed by atoms with Gasteiger partial charge in [0.25, 0.3) is 0 Å². The van der Waals surface area contributed by atoms with Crippen LogP contribution in [-0.4, -0.2) is 4.57 Å². The van der Waals surface area contributed by atoms with E-state index in [1.807, 2.05) is 0 Å². The van der Waals surface area contributed by atoms with Gasteiger partial charge in [-0.3, -0.25) is 0 Å². The number of fused-ring (bicyclic) bond motifs is 7. The number of hydrogen-bond donors (Lipinski definition) is 0. The Hall–Kier alpha value is -8.26. The molecule has 304 valence electrons. The summed E-state index contributed by atoms with van der Waals surface area (Å²) in [5.74, 6) is 0. The molecule has 1 heterocycles. The van der Waals surface area contributed by atoms with Gasteiger partial charge < -0.3 is 4.57 Å². The first-order chi connectivity index (χ1) is 32.2. The van der Waals surface area contributed by atoms with Crippen molar-refractivity contribution in [3.63, 3.8) is 0 Å². The molecule has 0 unspecified atom stereocenters. The van der Waals surface area contributed by atoms with Crippen molar-refractivity contribution in [3.05, 3.63) is 242 Å². The Morgan fingerprint density at radius 1 is 0.323 bits per heavy atom. The van der Waals surface area contributed by atoms with Gasteiger partial charge in [-0.1, -0.05) is 206 Å². The van der Waals surface area contributed by atoms with Crippen LogP contribution in [0.1, 0.15) is 17.5 Å². The van der Waals surface area contributed by atoms with Crippen LogP contribution in [0.4, 0.5) is 0 Å². The summed E-state index contributed by atoms with van der Waals surface area (Å²) in [6, 6.07) is 81.0. The first kappa shape index (κ1) is 37.3. The quantitative estimate of drug-likeness (QED) is 0.147. The number of aromatic nitrogens is 1.